The molecule has 5 rings (SSSR count). The predicted molar refractivity (Wildman–Crippen MR) is 138 cm³/mol. The maximum absolute atomic E-state index is 12.6. The Hall–Kier alpha value is -4.24. The van der Waals surface area contributed by atoms with Gasteiger partial charge in [-0.05, 0) is 30.3 Å². The summed E-state index contributed by atoms with van der Waals surface area (Å²) >= 11 is 1.30. The summed E-state index contributed by atoms with van der Waals surface area (Å²) in [4.78, 5) is 15.9. The zero-order valence-corrected chi connectivity index (χ0v) is 20.0. The van der Waals surface area contributed by atoms with Gasteiger partial charge >= 0.3 is 0 Å². The molecule has 0 unspecified atom stereocenters. The van der Waals surface area contributed by atoms with Gasteiger partial charge in [0.25, 0.3) is 0 Å². The summed E-state index contributed by atoms with van der Waals surface area (Å²) in [6.45, 7) is 0. The normalized spacial score (nSPS) is 10.9. The Morgan fingerprint density at radius 2 is 1.80 bits per heavy atom. The van der Waals surface area contributed by atoms with Crippen LogP contribution in [0.4, 0.5) is 5.69 Å². The van der Waals surface area contributed by atoms with E-state index in [0.717, 1.165) is 22.2 Å². The van der Waals surface area contributed by atoms with E-state index in [0.29, 0.717) is 28.2 Å². The van der Waals surface area contributed by atoms with Crippen LogP contribution in [0.5, 0.6) is 11.5 Å². The molecule has 2 aromatic heterocycles. The first-order valence-electron chi connectivity index (χ1n) is 10.9. The van der Waals surface area contributed by atoms with E-state index in [2.05, 4.69) is 20.5 Å². The second-order valence-electron chi connectivity index (χ2n) is 7.63. The summed E-state index contributed by atoms with van der Waals surface area (Å²) in [5.74, 6) is 1.94. The van der Waals surface area contributed by atoms with Crippen molar-refractivity contribution < 1.29 is 14.3 Å². The van der Waals surface area contributed by atoms with Crippen molar-refractivity contribution in [2.75, 3.05) is 25.3 Å². The average molecular weight is 486 g/mol. The summed E-state index contributed by atoms with van der Waals surface area (Å²) in [7, 11) is 3.23. The van der Waals surface area contributed by atoms with E-state index in [4.69, 9.17) is 9.47 Å². The topological polar surface area (TPSA) is 94.1 Å². The van der Waals surface area contributed by atoms with Gasteiger partial charge in [0.15, 0.2) is 11.0 Å². The number of carbonyl (C=O) groups is 1. The van der Waals surface area contributed by atoms with Crippen molar-refractivity contribution >= 4 is 34.3 Å². The quantitative estimate of drug-likeness (QED) is 0.295. The Bertz CT molecular complexity index is 1480. The first-order valence-corrected chi connectivity index (χ1v) is 11.9. The van der Waals surface area contributed by atoms with Crippen molar-refractivity contribution in [1.29, 1.82) is 0 Å². The summed E-state index contributed by atoms with van der Waals surface area (Å²) in [5.41, 5.74) is 3.33. The Morgan fingerprint density at radius 1 is 1.00 bits per heavy atom. The van der Waals surface area contributed by atoms with Crippen LogP contribution in [-0.2, 0) is 4.79 Å². The van der Waals surface area contributed by atoms with Gasteiger partial charge in [-0.3, -0.25) is 9.36 Å². The number of para-hydroxylation sites is 2. The molecule has 9 heteroatoms. The number of nitrogens with zero attached hydrogens (tertiary/aromatic N) is 3. The minimum Gasteiger partial charge on any atom is -0.497 e. The molecule has 0 fully saturated rings. The van der Waals surface area contributed by atoms with Crippen LogP contribution in [0.2, 0.25) is 0 Å². The number of benzene rings is 3. The predicted octanol–water partition coefficient (Wildman–Crippen LogP) is 5.16. The third kappa shape index (κ3) is 4.58. The SMILES string of the molecule is COc1ccc(OC)c(-n2c(SCC(=O)Nc3ccccc3)nnc2-c2c[nH]c3ccccc23)c1. The molecule has 1 amide bonds. The van der Waals surface area contributed by atoms with Gasteiger partial charge in [0.05, 0.1) is 25.7 Å². The van der Waals surface area contributed by atoms with Crippen LogP contribution in [0.1, 0.15) is 0 Å². The summed E-state index contributed by atoms with van der Waals surface area (Å²) in [5, 5.41) is 13.4. The fraction of sp³-hybridized carbons (Fsp3) is 0.115. The van der Waals surface area contributed by atoms with Crippen LogP contribution in [0.15, 0.2) is 84.1 Å². The average Bonchev–Trinajstić information content (AvgIpc) is 3.51. The van der Waals surface area contributed by atoms with Crippen LogP contribution in [-0.4, -0.2) is 45.6 Å². The standard InChI is InChI=1S/C26H23N5O3S/c1-33-18-12-13-23(34-2)22(14-18)31-25(20-15-27-21-11-7-6-10-19(20)21)29-30-26(31)35-16-24(32)28-17-8-4-3-5-9-17/h3-15,27H,16H2,1-2H3,(H,28,32). The second-order valence-corrected chi connectivity index (χ2v) is 8.57. The van der Waals surface area contributed by atoms with Crippen molar-refractivity contribution in [3.63, 3.8) is 0 Å². The zero-order chi connectivity index (χ0) is 24.2. The second kappa shape index (κ2) is 9.94. The van der Waals surface area contributed by atoms with E-state index in [-0.39, 0.29) is 11.7 Å². The van der Waals surface area contributed by atoms with Crippen LogP contribution in [0.25, 0.3) is 28.0 Å². The van der Waals surface area contributed by atoms with Crippen molar-refractivity contribution in [2.24, 2.45) is 0 Å². The maximum atomic E-state index is 12.6. The fourth-order valence-corrected chi connectivity index (χ4v) is 4.58. The Labute approximate surface area is 206 Å². The lowest BCUT2D eigenvalue weighted by molar-refractivity contribution is -0.113. The van der Waals surface area contributed by atoms with E-state index >= 15 is 0 Å². The third-order valence-electron chi connectivity index (χ3n) is 5.48. The largest absolute Gasteiger partial charge is 0.497 e. The first-order chi connectivity index (χ1) is 17.2. The maximum Gasteiger partial charge on any atom is 0.234 e. The summed E-state index contributed by atoms with van der Waals surface area (Å²) in [6.07, 6.45) is 1.91. The van der Waals surface area contributed by atoms with Gasteiger partial charge in [0.1, 0.15) is 11.5 Å². The molecular formula is C26H23N5O3S. The molecule has 0 saturated heterocycles. The molecule has 3 aromatic carbocycles. The number of thioether (sulfide) groups is 1. The number of carbonyl (C=O) groups excluding carboxylic acids is 1. The van der Waals surface area contributed by atoms with E-state index < -0.39 is 0 Å². The van der Waals surface area contributed by atoms with Gasteiger partial charge in [-0.1, -0.05) is 48.2 Å². The van der Waals surface area contributed by atoms with Crippen molar-refractivity contribution in [2.45, 2.75) is 5.16 Å². The lowest BCUT2D eigenvalue weighted by Gasteiger charge is -2.15. The van der Waals surface area contributed by atoms with Crippen molar-refractivity contribution in [1.82, 2.24) is 19.7 Å². The van der Waals surface area contributed by atoms with Crippen LogP contribution < -0.4 is 14.8 Å². The number of aromatic nitrogens is 4. The van der Waals surface area contributed by atoms with E-state index in [9.17, 15) is 4.79 Å². The smallest absolute Gasteiger partial charge is 0.234 e. The molecule has 35 heavy (non-hydrogen) atoms. The van der Waals surface area contributed by atoms with Crippen LogP contribution >= 0.6 is 11.8 Å². The van der Waals surface area contributed by atoms with Gasteiger partial charge in [-0.25, -0.2) is 0 Å². The highest BCUT2D eigenvalue weighted by atomic mass is 32.2. The van der Waals surface area contributed by atoms with Crippen molar-refractivity contribution in [3.8, 4) is 28.6 Å². The molecule has 0 spiro atoms. The molecule has 2 N–H and O–H groups in total. The van der Waals surface area contributed by atoms with E-state index in [1.165, 1.54) is 11.8 Å². The highest BCUT2D eigenvalue weighted by Gasteiger charge is 2.22. The molecule has 176 valence electrons. The summed E-state index contributed by atoms with van der Waals surface area (Å²) < 4.78 is 13.0. The van der Waals surface area contributed by atoms with Gasteiger partial charge < -0.3 is 19.8 Å². The number of nitrogens with one attached hydrogen (secondary N) is 2. The number of hydrogen-bond donors (Lipinski definition) is 2. The minimum atomic E-state index is -0.137. The molecule has 0 aliphatic carbocycles. The third-order valence-corrected chi connectivity index (χ3v) is 6.41. The number of anilines is 1. The number of amides is 1. The number of fused-ring (bicyclic) bond motifs is 1. The molecule has 0 aliphatic rings. The number of rotatable bonds is 8. The van der Waals surface area contributed by atoms with E-state index in [1.54, 1.807) is 14.2 Å². The highest BCUT2D eigenvalue weighted by molar-refractivity contribution is 7.99. The first kappa shape index (κ1) is 22.5. The molecular weight excluding hydrogens is 462 g/mol. The van der Waals surface area contributed by atoms with Crippen molar-refractivity contribution in [3.05, 3.63) is 79.0 Å². The van der Waals surface area contributed by atoms with Gasteiger partial charge in [0, 0.05) is 34.4 Å². The lowest BCUT2D eigenvalue weighted by atomic mass is 10.1. The molecule has 0 saturated carbocycles. The Balaban J connectivity index is 1.56. The molecule has 0 radical (unpaired) electrons. The highest BCUT2D eigenvalue weighted by Crippen LogP contribution is 2.37. The van der Waals surface area contributed by atoms with E-state index in [1.807, 2.05) is 83.6 Å². The minimum absolute atomic E-state index is 0.137. The van der Waals surface area contributed by atoms with Gasteiger partial charge in [-0.2, -0.15) is 0 Å². The molecule has 8 nitrogen and oxygen atoms in total. The fourth-order valence-electron chi connectivity index (χ4n) is 3.83. The lowest BCUT2D eigenvalue weighted by Crippen LogP contribution is -2.14. The number of ether oxygens (including phenoxy) is 2. The molecule has 0 bridgehead atoms. The monoisotopic (exact) mass is 485 g/mol. The number of methoxy groups -OCH3 is 2. The van der Waals surface area contributed by atoms with Crippen LogP contribution in [0, 0.1) is 0 Å². The summed E-state index contributed by atoms with van der Waals surface area (Å²) in [6, 6.07) is 22.9. The Kier molecular flexibility index (Phi) is 6.40. The van der Waals surface area contributed by atoms with Gasteiger partial charge in [-0.15, -0.1) is 10.2 Å². The molecule has 0 aliphatic heterocycles. The number of aromatic amines is 1. The van der Waals surface area contributed by atoms with Gasteiger partial charge in [0.2, 0.25) is 5.91 Å². The molecule has 2 heterocycles. The zero-order valence-electron chi connectivity index (χ0n) is 19.2. The Morgan fingerprint density at radius 3 is 2.60 bits per heavy atom. The number of H-pyrrole nitrogens is 1. The van der Waals surface area contributed by atoms with Crippen LogP contribution in [0.3, 0.4) is 0 Å². The molecule has 5 aromatic rings. The number of hydrogen-bond acceptors (Lipinski definition) is 6. The molecule has 0 atom stereocenters.